The summed E-state index contributed by atoms with van der Waals surface area (Å²) in [4.78, 5) is 0. The van der Waals surface area contributed by atoms with Gasteiger partial charge in [-0.25, -0.2) is 0 Å². The highest BCUT2D eigenvalue weighted by molar-refractivity contribution is 4.81. The van der Waals surface area contributed by atoms with E-state index in [1.165, 1.54) is 77.0 Å². The number of rotatable bonds is 14. The summed E-state index contributed by atoms with van der Waals surface area (Å²) >= 11 is 0. The molecule has 0 saturated carbocycles. The summed E-state index contributed by atoms with van der Waals surface area (Å²) in [7, 11) is 0. The van der Waals surface area contributed by atoms with Crippen molar-refractivity contribution < 1.29 is 5.11 Å². The highest BCUT2D eigenvalue weighted by atomic mass is 16.2. The van der Waals surface area contributed by atoms with Gasteiger partial charge in [-0.2, -0.15) is 0 Å². The van der Waals surface area contributed by atoms with E-state index in [4.69, 9.17) is 5.11 Å². The van der Waals surface area contributed by atoms with Gasteiger partial charge in [0.1, 0.15) is 0 Å². The van der Waals surface area contributed by atoms with Crippen molar-refractivity contribution >= 4 is 0 Å². The lowest BCUT2D eigenvalue weighted by atomic mass is 10.1. The third-order valence-corrected chi connectivity index (χ3v) is 3.42. The third kappa shape index (κ3) is 15.7. The van der Waals surface area contributed by atoms with E-state index in [1.54, 1.807) is 0 Å². The van der Waals surface area contributed by atoms with E-state index in [-0.39, 0.29) is 0 Å². The quantitative estimate of drug-likeness (QED) is 0.315. The summed E-state index contributed by atoms with van der Waals surface area (Å²) in [5, 5.41) is 8.65. The van der Waals surface area contributed by atoms with Gasteiger partial charge in [-0.1, -0.05) is 70.4 Å². The van der Waals surface area contributed by atoms with Gasteiger partial charge in [0.25, 0.3) is 0 Å². The zero-order valence-corrected chi connectivity index (χ0v) is 12.5. The lowest BCUT2D eigenvalue weighted by Crippen LogP contribution is -1.83. The lowest BCUT2D eigenvalue weighted by Gasteiger charge is -1.99. The number of allylic oxidation sites excluding steroid dienone is 2. The maximum absolute atomic E-state index is 8.65. The van der Waals surface area contributed by atoms with Crippen LogP contribution in [-0.4, -0.2) is 11.7 Å². The summed E-state index contributed by atoms with van der Waals surface area (Å²) < 4.78 is 0. The number of hydrogen-bond acceptors (Lipinski definition) is 1. The van der Waals surface area contributed by atoms with Crippen LogP contribution < -0.4 is 0 Å². The fourth-order valence-electron chi connectivity index (χ4n) is 2.18. The van der Waals surface area contributed by atoms with Gasteiger partial charge in [0, 0.05) is 6.61 Å². The van der Waals surface area contributed by atoms with Crippen molar-refractivity contribution in [3.8, 4) is 0 Å². The van der Waals surface area contributed by atoms with Crippen LogP contribution in [0.4, 0.5) is 0 Å². The van der Waals surface area contributed by atoms with E-state index >= 15 is 0 Å². The molecule has 0 aromatic carbocycles. The van der Waals surface area contributed by atoms with Crippen LogP contribution in [0.15, 0.2) is 12.2 Å². The first-order valence-corrected chi connectivity index (χ1v) is 8.17. The molecule has 0 aromatic heterocycles. The lowest BCUT2D eigenvalue weighted by molar-refractivity contribution is 0.282. The molecule has 1 N–H and O–H groups in total. The minimum atomic E-state index is 0.362. The second-order valence-corrected chi connectivity index (χ2v) is 5.31. The van der Waals surface area contributed by atoms with Gasteiger partial charge in [-0.3, -0.25) is 0 Å². The normalized spacial score (nSPS) is 11.4. The van der Waals surface area contributed by atoms with Crippen LogP contribution >= 0.6 is 0 Å². The summed E-state index contributed by atoms with van der Waals surface area (Å²) in [6, 6.07) is 0. The molecule has 108 valence electrons. The van der Waals surface area contributed by atoms with Crippen molar-refractivity contribution in [2.75, 3.05) is 6.61 Å². The second kappa shape index (κ2) is 16.7. The molecule has 0 aliphatic heterocycles. The smallest absolute Gasteiger partial charge is 0.0431 e. The van der Waals surface area contributed by atoms with Crippen LogP contribution in [-0.2, 0) is 0 Å². The molecule has 0 heterocycles. The third-order valence-electron chi connectivity index (χ3n) is 3.42. The van der Waals surface area contributed by atoms with Crippen LogP contribution in [0.25, 0.3) is 0 Å². The van der Waals surface area contributed by atoms with Gasteiger partial charge in [0.2, 0.25) is 0 Å². The average molecular weight is 254 g/mol. The summed E-state index contributed by atoms with van der Waals surface area (Å²) in [6.45, 7) is 2.63. The number of unbranched alkanes of at least 4 members (excludes halogenated alkanes) is 11. The fourth-order valence-corrected chi connectivity index (χ4v) is 2.18. The van der Waals surface area contributed by atoms with Crippen LogP contribution in [0.1, 0.15) is 90.4 Å². The van der Waals surface area contributed by atoms with Gasteiger partial charge < -0.3 is 5.11 Å². The molecule has 0 unspecified atom stereocenters. The minimum absolute atomic E-state index is 0.362. The van der Waals surface area contributed by atoms with Gasteiger partial charge in [0.15, 0.2) is 0 Å². The van der Waals surface area contributed by atoms with Gasteiger partial charge >= 0.3 is 0 Å². The summed E-state index contributed by atoms with van der Waals surface area (Å²) in [5.74, 6) is 0. The van der Waals surface area contributed by atoms with Crippen molar-refractivity contribution in [3.05, 3.63) is 12.2 Å². The molecular formula is C17H34O. The van der Waals surface area contributed by atoms with E-state index < -0.39 is 0 Å². The van der Waals surface area contributed by atoms with E-state index in [9.17, 15) is 0 Å². The predicted octanol–water partition coefficient (Wildman–Crippen LogP) is 5.63. The van der Waals surface area contributed by atoms with Crippen molar-refractivity contribution in [1.29, 1.82) is 0 Å². The molecule has 0 amide bonds. The Morgan fingerprint density at radius 1 is 0.611 bits per heavy atom. The first-order chi connectivity index (χ1) is 8.91. The molecule has 1 heteroatoms. The molecule has 0 radical (unpaired) electrons. The summed E-state index contributed by atoms with van der Waals surface area (Å²) in [5.41, 5.74) is 0. The van der Waals surface area contributed by atoms with Gasteiger partial charge in [0.05, 0.1) is 0 Å². The van der Waals surface area contributed by atoms with Crippen molar-refractivity contribution in [3.63, 3.8) is 0 Å². The Morgan fingerprint density at radius 3 is 1.56 bits per heavy atom. The highest BCUT2D eigenvalue weighted by Crippen LogP contribution is 2.09. The number of hydrogen-bond donors (Lipinski definition) is 1. The minimum Gasteiger partial charge on any atom is -0.396 e. The molecule has 0 aliphatic rings. The largest absolute Gasteiger partial charge is 0.396 e. The SMILES string of the molecule is CCCCCCCC=CCCCCCCCCO. The first kappa shape index (κ1) is 17.7. The Bertz CT molecular complexity index is 163. The molecule has 0 atom stereocenters. The van der Waals surface area contributed by atoms with Crippen molar-refractivity contribution in [2.45, 2.75) is 90.4 Å². The monoisotopic (exact) mass is 254 g/mol. The Hall–Kier alpha value is -0.300. The first-order valence-electron chi connectivity index (χ1n) is 8.17. The average Bonchev–Trinajstić information content (AvgIpc) is 2.39. The predicted molar refractivity (Wildman–Crippen MR) is 81.9 cm³/mol. The maximum Gasteiger partial charge on any atom is 0.0431 e. The van der Waals surface area contributed by atoms with Gasteiger partial charge in [-0.05, 0) is 32.1 Å². The molecule has 0 saturated heterocycles. The Balaban J connectivity index is 3.00. The van der Waals surface area contributed by atoms with E-state index in [0.29, 0.717) is 6.61 Å². The molecule has 18 heavy (non-hydrogen) atoms. The Labute approximate surface area is 115 Å². The molecule has 0 rings (SSSR count). The number of aliphatic hydroxyl groups excluding tert-OH is 1. The van der Waals surface area contributed by atoms with Crippen molar-refractivity contribution in [2.24, 2.45) is 0 Å². The van der Waals surface area contributed by atoms with E-state index in [0.717, 1.165) is 6.42 Å². The molecule has 0 aromatic rings. The van der Waals surface area contributed by atoms with Crippen molar-refractivity contribution in [1.82, 2.24) is 0 Å². The number of aliphatic hydroxyl groups is 1. The molecule has 0 aliphatic carbocycles. The van der Waals surface area contributed by atoms with Crippen LogP contribution in [0, 0.1) is 0 Å². The van der Waals surface area contributed by atoms with Crippen LogP contribution in [0.5, 0.6) is 0 Å². The highest BCUT2D eigenvalue weighted by Gasteiger charge is 1.90. The topological polar surface area (TPSA) is 20.2 Å². The standard InChI is InChI=1S/C17H34O/c1-2-3-4-5-6-7-8-9-10-11-12-13-14-15-16-17-18/h8-9,18H,2-7,10-17H2,1H3. The fraction of sp³-hybridized carbons (Fsp3) is 0.882. The van der Waals surface area contributed by atoms with Gasteiger partial charge in [-0.15, -0.1) is 0 Å². The zero-order valence-electron chi connectivity index (χ0n) is 12.5. The Morgan fingerprint density at radius 2 is 1.06 bits per heavy atom. The molecule has 1 nitrogen and oxygen atoms in total. The molecule has 0 bridgehead atoms. The van der Waals surface area contributed by atoms with E-state index in [2.05, 4.69) is 19.1 Å². The Kier molecular flexibility index (Phi) is 16.4. The maximum atomic E-state index is 8.65. The molecule has 0 spiro atoms. The molecule has 0 fully saturated rings. The second-order valence-electron chi connectivity index (χ2n) is 5.31. The molecular weight excluding hydrogens is 220 g/mol. The zero-order chi connectivity index (χ0) is 13.3. The summed E-state index contributed by atoms with van der Waals surface area (Å²) in [6.07, 6.45) is 21.7. The van der Waals surface area contributed by atoms with E-state index in [1.807, 2.05) is 0 Å². The van der Waals surface area contributed by atoms with Crippen LogP contribution in [0.3, 0.4) is 0 Å². The van der Waals surface area contributed by atoms with Crippen LogP contribution in [0.2, 0.25) is 0 Å².